The van der Waals surface area contributed by atoms with Gasteiger partial charge in [-0.05, 0) is 41.2 Å². The minimum absolute atomic E-state index is 0.292. The van der Waals surface area contributed by atoms with Crippen LogP contribution in [0.5, 0.6) is 0 Å². The van der Waals surface area contributed by atoms with Gasteiger partial charge in [0, 0.05) is 13.2 Å². The van der Waals surface area contributed by atoms with Gasteiger partial charge in [0.2, 0.25) is 0 Å². The minimum Gasteiger partial charge on any atom is -0.417 e. The Bertz CT molecular complexity index is 296. The lowest BCUT2D eigenvalue weighted by Gasteiger charge is -2.42. The fourth-order valence-electron chi connectivity index (χ4n) is 3.35. The van der Waals surface area contributed by atoms with Gasteiger partial charge in [-0.3, -0.25) is 0 Å². The van der Waals surface area contributed by atoms with Gasteiger partial charge >= 0.3 is 0 Å². The van der Waals surface area contributed by atoms with Gasteiger partial charge in [-0.15, -0.1) is 0 Å². The third-order valence-electron chi connectivity index (χ3n) is 5.62. The first kappa shape index (κ1) is 22.4. The van der Waals surface area contributed by atoms with E-state index >= 15 is 0 Å². The zero-order valence-corrected chi connectivity index (χ0v) is 19.2. The van der Waals surface area contributed by atoms with E-state index in [1.54, 1.807) is 0 Å². The van der Waals surface area contributed by atoms with Gasteiger partial charge in [0.1, 0.15) is 0 Å². The molecule has 0 atom stereocenters. The van der Waals surface area contributed by atoms with E-state index in [1.807, 2.05) is 0 Å². The summed E-state index contributed by atoms with van der Waals surface area (Å²) in [5.74, 6) is 0. The second-order valence-electron chi connectivity index (χ2n) is 9.13. The predicted molar refractivity (Wildman–Crippen MR) is 105 cm³/mol. The Morgan fingerprint density at radius 2 is 1.09 bits per heavy atom. The van der Waals surface area contributed by atoms with Crippen LogP contribution >= 0.6 is 0 Å². The van der Waals surface area contributed by atoms with Crippen molar-refractivity contribution in [1.29, 1.82) is 0 Å². The van der Waals surface area contributed by atoms with E-state index in [0.29, 0.717) is 21.7 Å². The average molecular weight is 347 g/mol. The zero-order chi connectivity index (χ0) is 17.8. The van der Waals surface area contributed by atoms with Gasteiger partial charge < -0.3 is 8.85 Å². The number of rotatable bonds is 9. The van der Waals surface area contributed by atoms with E-state index in [4.69, 9.17) is 8.85 Å². The third kappa shape index (κ3) is 5.46. The molecule has 0 aliphatic heterocycles. The largest absolute Gasteiger partial charge is 0.417 e. The molecule has 0 fully saturated rings. The van der Waals surface area contributed by atoms with Gasteiger partial charge in [0.25, 0.3) is 0 Å². The van der Waals surface area contributed by atoms with Gasteiger partial charge in [-0.1, -0.05) is 62.3 Å². The normalized spacial score (nSPS) is 14.5. The molecule has 4 heteroatoms. The van der Waals surface area contributed by atoms with Crippen molar-refractivity contribution in [3.8, 4) is 0 Å². The Kier molecular flexibility index (Phi) is 8.59. The van der Waals surface area contributed by atoms with E-state index in [9.17, 15) is 0 Å². The van der Waals surface area contributed by atoms with Gasteiger partial charge in [-0.2, -0.15) is 0 Å². The van der Waals surface area contributed by atoms with Crippen molar-refractivity contribution in [3.63, 3.8) is 0 Å². The molecule has 0 heterocycles. The lowest BCUT2D eigenvalue weighted by molar-refractivity contribution is 0.218. The smallest absolute Gasteiger partial charge is 0.200 e. The summed E-state index contributed by atoms with van der Waals surface area (Å²) < 4.78 is 12.9. The third-order valence-corrected chi connectivity index (χ3v) is 16.3. The molecule has 0 bridgehead atoms. The molecule has 0 aliphatic carbocycles. The van der Waals surface area contributed by atoms with Crippen LogP contribution in [0, 0.1) is 0 Å². The molecular formula is C18H42O2Si2. The standard InChI is InChI=1S/C18H42O2Si2/c1-15(2)22(16(3)4,17(5)6)20-14-12-13-19-21(10,11)18(7,8)9/h15-17H,12-14H2,1-11H3. The van der Waals surface area contributed by atoms with Crippen molar-refractivity contribution in [2.24, 2.45) is 0 Å². The van der Waals surface area contributed by atoms with Crippen molar-refractivity contribution in [1.82, 2.24) is 0 Å². The Morgan fingerprint density at radius 1 is 0.727 bits per heavy atom. The molecule has 22 heavy (non-hydrogen) atoms. The summed E-state index contributed by atoms with van der Waals surface area (Å²) in [6, 6.07) is 0. The first-order valence-electron chi connectivity index (χ1n) is 9.07. The van der Waals surface area contributed by atoms with Crippen molar-refractivity contribution < 1.29 is 8.85 Å². The second-order valence-corrected chi connectivity index (χ2v) is 19.4. The molecule has 0 spiro atoms. The number of hydrogen-bond acceptors (Lipinski definition) is 2. The molecule has 2 nitrogen and oxygen atoms in total. The highest BCUT2D eigenvalue weighted by molar-refractivity contribution is 6.77. The van der Waals surface area contributed by atoms with Gasteiger partial charge in [0.15, 0.2) is 16.6 Å². The Balaban J connectivity index is 4.50. The molecule has 0 amide bonds. The molecule has 0 aromatic carbocycles. The van der Waals surface area contributed by atoms with E-state index in [2.05, 4.69) is 75.4 Å². The van der Waals surface area contributed by atoms with Crippen LogP contribution in [0.2, 0.25) is 34.8 Å². The second kappa shape index (κ2) is 8.45. The van der Waals surface area contributed by atoms with E-state index in [0.717, 1.165) is 19.6 Å². The number of hydrogen-bond donors (Lipinski definition) is 0. The summed E-state index contributed by atoms with van der Waals surface area (Å²) in [5.41, 5.74) is 1.98. The molecule has 0 N–H and O–H groups in total. The van der Waals surface area contributed by atoms with Crippen LogP contribution in [0.15, 0.2) is 0 Å². The van der Waals surface area contributed by atoms with Crippen molar-refractivity contribution in [2.45, 2.75) is 103 Å². The first-order chi connectivity index (χ1) is 9.79. The van der Waals surface area contributed by atoms with E-state index in [1.165, 1.54) is 0 Å². The molecule has 0 saturated carbocycles. The fourth-order valence-corrected chi connectivity index (χ4v) is 9.94. The molecule has 0 unspecified atom stereocenters. The van der Waals surface area contributed by atoms with Crippen molar-refractivity contribution >= 4 is 16.6 Å². The minimum atomic E-state index is -1.70. The summed E-state index contributed by atoms with van der Waals surface area (Å²) in [7, 11) is -3.31. The summed E-state index contributed by atoms with van der Waals surface area (Å²) in [4.78, 5) is 0. The van der Waals surface area contributed by atoms with Crippen molar-refractivity contribution in [3.05, 3.63) is 0 Å². The zero-order valence-electron chi connectivity index (χ0n) is 17.2. The Labute approximate surface area is 142 Å². The van der Waals surface area contributed by atoms with Crippen LogP contribution in [-0.4, -0.2) is 29.8 Å². The summed E-state index contributed by atoms with van der Waals surface area (Å²) in [6.07, 6.45) is 1.02. The lowest BCUT2D eigenvalue weighted by atomic mass is 10.2. The maximum absolute atomic E-state index is 6.59. The molecule has 0 rings (SSSR count). The molecule has 0 aromatic heterocycles. The SMILES string of the molecule is CC(C)[Si](OCCCO[Si](C)(C)C(C)(C)C)(C(C)C)C(C)C. The van der Waals surface area contributed by atoms with Crippen molar-refractivity contribution in [2.75, 3.05) is 13.2 Å². The predicted octanol–water partition coefficient (Wildman–Crippen LogP) is 6.59. The van der Waals surface area contributed by atoms with Gasteiger partial charge in [0.05, 0.1) is 0 Å². The fraction of sp³-hybridized carbons (Fsp3) is 1.00. The van der Waals surface area contributed by atoms with Gasteiger partial charge in [-0.25, -0.2) is 0 Å². The Morgan fingerprint density at radius 3 is 1.41 bits per heavy atom. The van der Waals surface area contributed by atoms with E-state index < -0.39 is 16.6 Å². The summed E-state index contributed by atoms with van der Waals surface area (Å²) in [5, 5.41) is 0.292. The molecule has 134 valence electrons. The lowest BCUT2D eigenvalue weighted by Crippen LogP contribution is -2.48. The van der Waals surface area contributed by atoms with Crippen LogP contribution in [0.4, 0.5) is 0 Å². The summed E-state index contributed by atoms with van der Waals surface area (Å²) >= 11 is 0. The molecule has 0 saturated heterocycles. The molecule has 0 radical (unpaired) electrons. The quantitative estimate of drug-likeness (QED) is 0.346. The highest BCUT2D eigenvalue weighted by atomic mass is 28.4. The monoisotopic (exact) mass is 346 g/mol. The molecular weight excluding hydrogens is 304 g/mol. The maximum Gasteiger partial charge on any atom is 0.200 e. The maximum atomic E-state index is 6.59. The van der Waals surface area contributed by atoms with E-state index in [-0.39, 0.29) is 0 Å². The first-order valence-corrected chi connectivity index (χ1v) is 14.1. The van der Waals surface area contributed by atoms with Crippen LogP contribution in [0.1, 0.15) is 68.7 Å². The van der Waals surface area contributed by atoms with Crippen LogP contribution in [0.25, 0.3) is 0 Å². The molecule has 0 aromatic rings. The highest BCUT2D eigenvalue weighted by Gasteiger charge is 2.44. The Hall–Kier alpha value is 0.354. The van der Waals surface area contributed by atoms with Crippen LogP contribution in [-0.2, 0) is 8.85 Å². The van der Waals surface area contributed by atoms with Crippen LogP contribution < -0.4 is 0 Å². The molecule has 0 aliphatic rings. The highest BCUT2D eigenvalue weighted by Crippen LogP contribution is 2.42. The van der Waals surface area contributed by atoms with Crippen LogP contribution in [0.3, 0.4) is 0 Å². The summed E-state index contributed by atoms with van der Waals surface area (Å²) in [6.45, 7) is 27.3. The topological polar surface area (TPSA) is 18.5 Å². The average Bonchev–Trinajstić information content (AvgIpc) is 2.30.